The summed E-state index contributed by atoms with van der Waals surface area (Å²) in [6, 6.07) is 4.27. The van der Waals surface area contributed by atoms with Crippen molar-refractivity contribution in [2.24, 2.45) is 0 Å². The van der Waals surface area contributed by atoms with Crippen LogP contribution < -0.4 is 5.32 Å². The zero-order valence-electron chi connectivity index (χ0n) is 8.81. The summed E-state index contributed by atoms with van der Waals surface area (Å²) >= 11 is 1.81. The van der Waals surface area contributed by atoms with E-state index in [1.54, 1.807) is 0 Å². The molecule has 0 aromatic carbocycles. The summed E-state index contributed by atoms with van der Waals surface area (Å²) in [4.78, 5) is 5.74. The summed E-state index contributed by atoms with van der Waals surface area (Å²) in [6.07, 6.45) is 5.09. The molecule has 80 valence electrons. The molecule has 0 saturated heterocycles. The van der Waals surface area contributed by atoms with Crippen LogP contribution in [0.2, 0.25) is 0 Å². The fourth-order valence-electron chi connectivity index (χ4n) is 1.50. The number of rotatable bonds is 5. The molecule has 3 nitrogen and oxygen atoms in total. The Bertz CT molecular complexity index is 392. The SMILES string of the molecule is CNCc1cn(CCc2cccs2)cn1. The number of imidazole rings is 1. The van der Waals surface area contributed by atoms with E-state index in [0.29, 0.717) is 0 Å². The Morgan fingerprint density at radius 1 is 1.53 bits per heavy atom. The first-order valence-electron chi connectivity index (χ1n) is 5.06. The lowest BCUT2D eigenvalue weighted by Gasteiger charge is -1.99. The van der Waals surface area contributed by atoms with Crippen LogP contribution in [-0.2, 0) is 19.5 Å². The molecule has 15 heavy (non-hydrogen) atoms. The van der Waals surface area contributed by atoms with Crippen LogP contribution in [0.25, 0.3) is 0 Å². The lowest BCUT2D eigenvalue weighted by molar-refractivity contribution is 0.699. The highest BCUT2D eigenvalue weighted by Gasteiger charge is 1.98. The van der Waals surface area contributed by atoms with Gasteiger partial charge >= 0.3 is 0 Å². The minimum Gasteiger partial charge on any atom is -0.337 e. The first-order chi connectivity index (χ1) is 7.38. The molecule has 1 N–H and O–H groups in total. The highest BCUT2D eigenvalue weighted by Crippen LogP contribution is 2.10. The maximum absolute atomic E-state index is 4.31. The van der Waals surface area contributed by atoms with Gasteiger partial charge in [0.1, 0.15) is 0 Å². The van der Waals surface area contributed by atoms with Crippen molar-refractivity contribution in [3.63, 3.8) is 0 Å². The molecule has 2 heterocycles. The summed E-state index contributed by atoms with van der Waals surface area (Å²) in [5.74, 6) is 0. The number of nitrogens with zero attached hydrogens (tertiary/aromatic N) is 2. The van der Waals surface area contributed by atoms with Gasteiger partial charge in [0.2, 0.25) is 0 Å². The Morgan fingerprint density at radius 2 is 2.47 bits per heavy atom. The predicted molar refractivity (Wildman–Crippen MR) is 63.0 cm³/mol. The van der Waals surface area contributed by atoms with Crippen molar-refractivity contribution in [1.82, 2.24) is 14.9 Å². The molecule has 0 aliphatic rings. The van der Waals surface area contributed by atoms with E-state index >= 15 is 0 Å². The summed E-state index contributed by atoms with van der Waals surface area (Å²) in [5, 5.41) is 5.21. The Hall–Kier alpha value is -1.13. The standard InChI is InChI=1S/C11H15N3S/c1-12-7-10-8-14(9-13-10)5-4-11-3-2-6-15-11/h2-3,6,8-9,12H,4-5,7H2,1H3. The largest absolute Gasteiger partial charge is 0.337 e. The second-order valence-corrected chi connectivity index (χ2v) is 4.49. The van der Waals surface area contributed by atoms with Crippen LogP contribution in [0.3, 0.4) is 0 Å². The van der Waals surface area contributed by atoms with Gasteiger partial charge in [0.25, 0.3) is 0 Å². The zero-order valence-corrected chi connectivity index (χ0v) is 9.63. The molecule has 0 fully saturated rings. The van der Waals surface area contributed by atoms with Gasteiger partial charge in [-0.1, -0.05) is 6.07 Å². The maximum atomic E-state index is 4.31. The molecule has 2 aromatic heterocycles. The van der Waals surface area contributed by atoms with E-state index in [4.69, 9.17) is 0 Å². The zero-order chi connectivity index (χ0) is 10.5. The highest BCUT2D eigenvalue weighted by molar-refractivity contribution is 7.09. The lowest BCUT2D eigenvalue weighted by Crippen LogP contribution is -2.05. The molecule has 0 amide bonds. The number of aryl methyl sites for hydroxylation is 2. The first kappa shape index (κ1) is 10.4. The average molecular weight is 221 g/mol. The van der Waals surface area contributed by atoms with E-state index in [0.717, 1.165) is 25.2 Å². The summed E-state index contributed by atoms with van der Waals surface area (Å²) < 4.78 is 2.15. The third kappa shape index (κ3) is 2.91. The number of hydrogen-bond acceptors (Lipinski definition) is 3. The summed E-state index contributed by atoms with van der Waals surface area (Å²) in [6.45, 7) is 1.85. The molecule has 0 radical (unpaired) electrons. The van der Waals surface area contributed by atoms with Crippen molar-refractivity contribution in [2.75, 3.05) is 7.05 Å². The number of aromatic nitrogens is 2. The average Bonchev–Trinajstić information content (AvgIpc) is 2.85. The van der Waals surface area contributed by atoms with Crippen LogP contribution in [-0.4, -0.2) is 16.6 Å². The fourth-order valence-corrected chi connectivity index (χ4v) is 2.19. The Morgan fingerprint density at radius 3 is 3.20 bits per heavy atom. The monoisotopic (exact) mass is 221 g/mol. The molecule has 4 heteroatoms. The Labute approximate surface area is 93.8 Å². The van der Waals surface area contributed by atoms with Crippen LogP contribution >= 0.6 is 11.3 Å². The summed E-state index contributed by atoms with van der Waals surface area (Å²) in [5.41, 5.74) is 1.10. The van der Waals surface area contributed by atoms with Gasteiger partial charge in [-0.15, -0.1) is 11.3 Å². The van der Waals surface area contributed by atoms with E-state index in [1.807, 2.05) is 24.7 Å². The van der Waals surface area contributed by atoms with Crippen molar-refractivity contribution in [2.45, 2.75) is 19.5 Å². The lowest BCUT2D eigenvalue weighted by atomic mass is 10.3. The van der Waals surface area contributed by atoms with Gasteiger partial charge < -0.3 is 9.88 Å². The smallest absolute Gasteiger partial charge is 0.0950 e. The number of thiophene rings is 1. The quantitative estimate of drug-likeness (QED) is 0.836. The van der Waals surface area contributed by atoms with E-state index in [1.165, 1.54) is 4.88 Å². The van der Waals surface area contributed by atoms with Crippen molar-refractivity contribution < 1.29 is 0 Å². The van der Waals surface area contributed by atoms with Gasteiger partial charge in [-0.05, 0) is 24.9 Å². The maximum Gasteiger partial charge on any atom is 0.0950 e. The molecule has 0 spiro atoms. The van der Waals surface area contributed by atoms with Crippen LogP contribution in [0.1, 0.15) is 10.6 Å². The minimum atomic E-state index is 0.839. The van der Waals surface area contributed by atoms with Gasteiger partial charge in [-0.2, -0.15) is 0 Å². The van der Waals surface area contributed by atoms with Crippen molar-refractivity contribution in [3.05, 3.63) is 40.6 Å². The first-order valence-corrected chi connectivity index (χ1v) is 5.94. The molecular weight excluding hydrogens is 206 g/mol. The third-order valence-corrected chi connectivity index (χ3v) is 3.18. The van der Waals surface area contributed by atoms with Crippen molar-refractivity contribution >= 4 is 11.3 Å². The Balaban J connectivity index is 1.88. The second-order valence-electron chi connectivity index (χ2n) is 3.46. The fraction of sp³-hybridized carbons (Fsp3) is 0.364. The van der Waals surface area contributed by atoms with Crippen molar-refractivity contribution in [3.8, 4) is 0 Å². The normalized spacial score (nSPS) is 10.7. The molecule has 0 bridgehead atoms. The van der Waals surface area contributed by atoms with Gasteiger partial charge in [0, 0.05) is 24.2 Å². The van der Waals surface area contributed by atoms with Crippen LogP contribution in [0.15, 0.2) is 30.0 Å². The van der Waals surface area contributed by atoms with Gasteiger partial charge in [-0.3, -0.25) is 0 Å². The molecule has 0 saturated carbocycles. The highest BCUT2D eigenvalue weighted by atomic mass is 32.1. The molecule has 0 aliphatic carbocycles. The van der Waals surface area contributed by atoms with Crippen LogP contribution in [0, 0.1) is 0 Å². The molecule has 0 atom stereocenters. The predicted octanol–water partition coefficient (Wildman–Crippen LogP) is 1.91. The number of nitrogens with one attached hydrogen (secondary N) is 1. The molecule has 0 unspecified atom stereocenters. The number of hydrogen-bond donors (Lipinski definition) is 1. The van der Waals surface area contributed by atoms with Crippen LogP contribution in [0.4, 0.5) is 0 Å². The molecule has 2 aromatic rings. The molecule has 2 rings (SSSR count). The van der Waals surface area contributed by atoms with E-state index < -0.39 is 0 Å². The van der Waals surface area contributed by atoms with Crippen molar-refractivity contribution in [1.29, 1.82) is 0 Å². The van der Waals surface area contributed by atoms with E-state index in [-0.39, 0.29) is 0 Å². The van der Waals surface area contributed by atoms with Gasteiger partial charge in [-0.25, -0.2) is 4.98 Å². The molecular formula is C11H15N3S. The minimum absolute atomic E-state index is 0.839. The second kappa shape index (κ2) is 5.09. The van der Waals surface area contributed by atoms with Gasteiger partial charge in [0.05, 0.1) is 12.0 Å². The molecule has 0 aliphatic heterocycles. The van der Waals surface area contributed by atoms with Crippen LogP contribution in [0.5, 0.6) is 0 Å². The van der Waals surface area contributed by atoms with E-state index in [9.17, 15) is 0 Å². The summed E-state index contributed by atoms with van der Waals surface area (Å²) in [7, 11) is 1.94. The third-order valence-electron chi connectivity index (χ3n) is 2.24. The Kier molecular flexibility index (Phi) is 3.53. The van der Waals surface area contributed by atoms with Gasteiger partial charge in [0.15, 0.2) is 0 Å². The topological polar surface area (TPSA) is 29.9 Å². The van der Waals surface area contributed by atoms with E-state index in [2.05, 4.69) is 38.6 Å².